The van der Waals surface area contributed by atoms with Crippen molar-refractivity contribution in [2.24, 2.45) is 0 Å². The second kappa shape index (κ2) is 7.44. The zero-order valence-corrected chi connectivity index (χ0v) is 13.8. The molecule has 3 aromatic carbocycles. The summed E-state index contributed by atoms with van der Waals surface area (Å²) in [5.74, 6) is 0.571. The van der Waals surface area contributed by atoms with Crippen molar-refractivity contribution in [3.8, 4) is 11.5 Å². The average Bonchev–Trinajstić information content (AvgIpc) is 2.68. The highest BCUT2D eigenvalue weighted by Gasteiger charge is 2.20. The van der Waals surface area contributed by atoms with Crippen LogP contribution in [0.3, 0.4) is 0 Å². The van der Waals surface area contributed by atoms with Gasteiger partial charge in [-0.15, -0.1) is 0 Å². The predicted molar refractivity (Wildman–Crippen MR) is 96.1 cm³/mol. The topological polar surface area (TPSA) is 113 Å². The number of rotatable bonds is 6. The summed E-state index contributed by atoms with van der Waals surface area (Å²) in [6.45, 7) is 0. The lowest BCUT2D eigenvalue weighted by molar-refractivity contribution is -0.394. The quantitative estimate of drug-likeness (QED) is 0.361. The maximum Gasteiger partial charge on any atom is 0.277 e. The molecule has 0 unspecified atom stereocenters. The SMILES string of the molecule is O=C(c1ccc(Oc2ccccc2)cc1)c1cc([N+](=O)[O-])cc([N+](=O)[O-])c1. The van der Waals surface area contributed by atoms with E-state index in [0.29, 0.717) is 11.5 Å². The van der Waals surface area contributed by atoms with Crippen LogP contribution in [0.25, 0.3) is 0 Å². The lowest BCUT2D eigenvalue weighted by Gasteiger charge is -2.06. The van der Waals surface area contributed by atoms with Gasteiger partial charge in [-0.3, -0.25) is 25.0 Å². The number of nitro benzene ring substituents is 2. The number of hydrogen-bond donors (Lipinski definition) is 0. The third kappa shape index (κ3) is 4.13. The number of benzene rings is 3. The molecule has 0 amide bonds. The van der Waals surface area contributed by atoms with Crippen LogP contribution in [0.5, 0.6) is 11.5 Å². The Morgan fingerprint density at radius 1 is 0.704 bits per heavy atom. The first-order valence-corrected chi connectivity index (χ1v) is 7.75. The molecular formula is C19H12N2O6. The lowest BCUT2D eigenvalue weighted by Crippen LogP contribution is -2.04. The maximum absolute atomic E-state index is 12.6. The summed E-state index contributed by atoms with van der Waals surface area (Å²) in [6.07, 6.45) is 0. The van der Waals surface area contributed by atoms with Crippen LogP contribution in [-0.2, 0) is 0 Å². The van der Waals surface area contributed by atoms with Gasteiger partial charge in [0.15, 0.2) is 5.78 Å². The smallest absolute Gasteiger partial charge is 0.277 e. The molecule has 0 aromatic heterocycles. The van der Waals surface area contributed by atoms with Crippen LogP contribution in [0.2, 0.25) is 0 Å². The molecule has 0 aliphatic rings. The van der Waals surface area contributed by atoms with E-state index in [1.165, 1.54) is 12.1 Å². The van der Waals surface area contributed by atoms with E-state index in [-0.39, 0.29) is 11.1 Å². The van der Waals surface area contributed by atoms with Crippen LogP contribution < -0.4 is 4.74 Å². The summed E-state index contributed by atoms with van der Waals surface area (Å²) in [4.78, 5) is 32.9. The van der Waals surface area contributed by atoms with Crippen LogP contribution >= 0.6 is 0 Å². The van der Waals surface area contributed by atoms with Crippen molar-refractivity contribution >= 4 is 17.2 Å². The van der Waals surface area contributed by atoms with Gasteiger partial charge >= 0.3 is 0 Å². The molecule has 8 nitrogen and oxygen atoms in total. The standard InChI is InChI=1S/C19H12N2O6/c22-19(14-10-15(20(23)24)12-16(11-14)21(25)26)13-6-8-18(9-7-13)27-17-4-2-1-3-5-17/h1-12H. The Kier molecular flexibility index (Phi) is 4.89. The van der Waals surface area contributed by atoms with Crippen molar-refractivity contribution in [3.63, 3.8) is 0 Å². The van der Waals surface area contributed by atoms with Crippen molar-refractivity contribution in [2.75, 3.05) is 0 Å². The number of nitrogens with zero attached hydrogens (tertiary/aromatic N) is 2. The van der Waals surface area contributed by atoms with Crippen LogP contribution in [0, 0.1) is 20.2 Å². The highest BCUT2D eigenvalue weighted by molar-refractivity contribution is 6.09. The van der Waals surface area contributed by atoms with Crippen molar-refractivity contribution < 1.29 is 19.4 Å². The molecule has 134 valence electrons. The minimum atomic E-state index is -0.777. The van der Waals surface area contributed by atoms with Gasteiger partial charge < -0.3 is 4.74 Å². The van der Waals surface area contributed by atoms with Gasteiger partial charge in [0.2, 0.25) is 0 Å². The first-order chi connectivity index (χ1) is 12.9. The Hall–Kier alpha value is -4.07. The van der Waals surface area contributed by atoms with Crippen molar-refractivity contribution in [3.05, 3.63) is 104 Å². The largest absolute Gasteiger partial charge is 0.457 e. The second-order valence-corrected chi connectivity index (χ2v) is 5.52. The van der Waals surface area contributed by atoms with E-state index in [4.69, 9.17) is 4.74 Å². The van der Waals surface area contributed by atoms with E-state index in [9.17, 15) is 25.0 Å². The maximum atomic E-state index is 12.6. The van der Waals surface area contributed by atoms with Crippen LogP contribution in [0.4, 0.5) is 11.4 Å². The molecule has 0 aliphatic heterocycles. The van der Waals surface area contributed by atoms with Crippen LogP contribution in [0.15, 0.2) is 72.8 Å². The van der Waals surface area contributed by atoms with Gasteiger partial charge in [0.25, 0.3) is 11.4 Å². The van der Waals surface area contributed by atoms with Crippen molar-refractivity contribution in [1.82, 2.24) is 0 Å². The monoisotopic (exact) mass is 364 g/mol. The van der Waals surface area contributed by atoms with Gasteiger partial charge in [-0.2, -0.15) is 0 Å². The Labute approximate surface area is 152 Å². The number of ketones is 1. The summed E-state index contributed by atoms with van der Waals surface area (Å²) in [5.41, 5.74) is -0.939. The molecule has 3 rings (SSSR count). The number of hydrogen-bond acceptors (Lipinski definition) is 6. The van der Waals surface area contributed by atoms with Gasteiger partial charge in [0, 0.05) is 23.3 Å². The molecule has 0 fully saturated rings. The first-order valence-electron chi connectivity index (χ1n) is 7.75. The molecule has 0 heterocycles. The number of para-hydroxylation sites is 1. The fourth-order valence-corrected chi connectivity index (χ4v) is 2.40. The number of carbonyl (C=O) groups is 1. The molecular weight excluding hydrogens is 352 g/mol. The zero-order valence-electron chi connectivity index (χ0n) is 13.8. The van der Waals surface area contributed by atoms with Gasteiger partial charge in [-0.05, 0) is 36.4 Å². The van der Waals surface area contributed by atoms with Crippen molar-refractivity contribution in [1.29, 1.82) is 0 Å². The molecule has 0 aliphatic carbocycles. The number of nitro groups is 2. The lowest BCUT2D eigenvalue weighted by atomic mass is 10.0. The summed E-state index contributed by atoms with van der Waals surface area (Å²) < 4.78 is 5.63. The van der Waals surface area contributed by atoms with Gasteiger partial charge in [-0.1, -0.05) is 18.2 Å². The van der Waals surface area contributed by atoms with Crippen LogP contribution in [0.1, 0.15) is 15.9 Å². The highest BCUT2D eigenvalue weighted by Crippen LogP contribution is 2.26. The number of carbonyl (C=O) groups excluding carboxylic acids is 1. The van der Waals surface area contributed by atoms with Crippen molar-refractivity contribution in [2.45, 2.75) is 0 Å². The van der Waals surface area contributed by atoms with E-state index in [1.54, 1.807) is 24.3 Å². The summed E-state index contributed by atoms with van der Waals surface area (Å²) in [5, 5.41) is 21.9. The second-order valence-electron chi connectivity index (χ2n) is 5.52. The highest BCUT2D eigenvalue weighted by atomic mass is 16.6. The van der Waals surface area contributed by atoms with E-state index in [0.717, 1.165) is 18.2 Å². The fraction of sp³-hybridized carbons (Fsp3) is 0. The summed E-state index contributed by atoms with van der Waals surface area (Å²) in [6, 6.07) is 18.0. The van der Waals surface area contributed by atoms with Gasteiger partial charge in [0.1, 0.15) is 11.5 Å². The molecule has 27 heavy (non-hydrogen) atoms. The number of ether oxygens (including phenoxy) is 1. The molecule has 0 bridgehead atoms. The van der Waals surface area contributed by atoms with Gasteiger partial charge in [0.05, 0.1) is 15.9 Å². The minimum Gasteiger partial charge on any atom is -0.457 e. The summed E-state index contributed by atoms with van der Waals surface area (Å²) >= 11 is 0. The number of non-ortho nitro benzene ring substituents is 2. The molecule has 0 spiro atoms. The average molecular weight is 364 g/mol. The third-order valence-electron chi connectivity index (χ3n) is 3.68. The third-order valence-corrected chi connectivity index (χ3v) is 3.68. The molecule has 0 radical (unpaired) electrons. The minimum absolute atomic E-state index is 0.132. The molecule has 0 atom stereocenters. The Morgan fingerprint density at radius 2 is 1.22 bits per heavy atom. The predicted octanol–water partition coefficient (Wildman–Crippen LogP) is 4.53. The van der Waals surface area contributed by atoms with E-state index in [2.05, 4.69) is 0 Å². The first kappa shape index (κ1) is 17.7. The molecule has 3 aromatic rings. The molecule has 0 saturated heterocycles. The normalized spacial score (nSPS) is 10.2. The van der Waals surface area contributed by atoms with E-state index < -0.39 is 27.0 Å². The van der Waals surface area contributed by atoms with Crippen LogP contribution in [-0.4, -0.2) is 15.6 Å². The summed E-state index contributed by atoms with van der Waals surface area (Å²) in [7, 11) is 0. The Morgan fingerprint density at radius 3 is 1.74 bits per heavy atom. The Balaban J connectivity index is 1.87. The van der Waals surface area contributed by atoms with E-state index in [1.807, 2.05) is 18.2 Å². The van der Waals surface area contributed by atoms with Gasteiger partial charge in [-0.25, -0.2) is 0 Å². The van der Waals surface area contributed by atoms with E-state index >= 15 is 0 Å². The molecule has 0 saturated carbocycles. The fourth-order valence-electron chi connectivity index (χ4n) is 2.40. The molecule has 0 N–H and O–H groups in total. The Bertz CT molecular complexity index is 984. The molecule has 8 heteroatoms. The zero-order chi connectivity index (χ0) is 19.4.